The van der Waals surface area contributed by atoms with Gasteiger partial charge in [-0.05, 0) is 6.42 Å². The fraction of sp³-hybridized carbons (Fsp3) is 0.952. The standard InChI is InChI=1S/C21H42O5/c1-3-4-5-6-7-8-9-10-11-12-13-14-15-16-17-25-19-20(18-22)26-21(23)24-2/h20,22H,3-19H2,1-2H3. The Morgan fingerprint density at radius 2 is 1.27 bits per heavy atom. The molecule has 0 aromatic rings. The number of unbranched alkanes of at least 4 members (excludes halogenated alkanes) is 13. The van der Waals surface area contributed by atoms with Crippen molar-refractivity contribution in [3.05, 3.63) is 0 Å². The van der Waals surface area contributed by atoms with Crippen molar-refractivity contribution in [1.29, 1.82) is 0 Å². The smallest absolute Gasteiger partial charge is 0.438 e. The molecule has 5 nitrogen and oxygen atoms in total. The normalized spacial score (nSPS) is 12.1. The van der Waals surface area contributed by atoms with Gasteiger partial charge in [0.2, 0.25) is 0 Å². The van der Waals surface area contributed by atoms with Gasteiger partial charge in [-0.25, -0.2) is 4.79 Å². The molecular weight excluding hydrogens is 332 g/mol. The first-order chi connectivity index (χ1) is 12.7. The molecule has 1 atom stereocenters. The van der Waals surface area contributed by atoms with Gasteiger partial charge in [-0.2, -0.15) is 0 Å². The van der Waals surface area contributed by atoms with E-state index in [9.17, 15) is 4.79 Å². The van der Waals surface area contributed by atoms with E-state index >= 15 is 0 Å². The van der Waals surface area contributed by atoms with Gasteiger partial charge < -0.3 is 19.3 Å². The van der Waals surface area contributed by atoms with Gasteiger partial charge >= 0.3 is 6.16 Å². The molecule has 0 aliphatic rings. The van der Waals surface area contributed by atoms with Crippen molar-refractivity contribution >= 4 is 6.16 Å². The minimum absolute atomic E-state index is 0.212. The van der Waals surface area contributed by atoms with Crippen LogP contribution in [0.15, 0.2) is 0 Å². The van der Waals surface area contributed by atoms with Crippen molar-refractivity contribution in [2.45, 2.75) is 103 Å². The lowest BCUT2D eigenvalue weighted by Gasteiger charge is -2.14. The Kier molecular flexibility index (Phi) is 19.9. The Morgan fingerprint density at radius 3 is 1.69 bits per heavy atom. The second-order valence-electron chi connectivity index (χ2n) is 7.05. The molecule has 0 fully saturated rings. The fourth-order valence-corrected chi connectivity index (χ4v) is 2.92. The number of aliphatic hydroxyl groups is 1. The highest BCUT2D eigenvalue weighted by molar-refractivity contribution is 5.59. The summed E-state index contributed by atoms with van der Waals surface area (Å²) in [7, 11) is 1.24. The Morgan fingerprint density at radius 1 is 0.808 bits per heavy atom. The largest absolute Gasteiger partial charge is 0.508 e. The van der Waals surface area contributed by atoms with E-state index in [1.54, 1.807) is 0 Å². The molecule has 0 aliphatic carbocycles. The summed E-state index contributed by atoms with van der Waals surface area (Å²) in [5, 5.41) is 9.08. The van der Waals surface area contributed by atoms with Crippen LogP contribution in [0.1, 0.15) is 96.8 Å². The SMILES string of the molecule is CCCCCCCCCCCCCCCCOCC(CO)OC(=O)OC. The molecule has 0 heterocycles. The zero-order valence-electron chi connectivity index (χ0n) is 17.2. The molecule has 0 radical (unpaired) electrons. The summed E-state index contributed by atoms with van der Waals surface area (Å²) in [6.45, 7) is 2.86. The molecule has 0 aliphatic heterocycles. The second-order valence-corrected chi connectivity index (χ2v) is 7.05. The number of rotatable bonds is 19. The number of carbonyl (C=O) groups is 1. The molecule has 0 spiro atoms. The molecule has 0 saturated heterocycles. The van der Waals surface area contributed by atoms with Crippen LogP contribution in [0.25, 0.3) is 0 Å². The maximum absolute atomic E-state index is 10.9. The molecule has 1 N–H and O–H groups in total. The fourth-order valence-electron chi connectivity index (χ4n) is 2.92. The minimum atomic E-state index is -0.788. The third-order valence-corrected chi connectivity index (χ3v) is 4.58. The number of carbonyl (C=O) groups excluding carboxylic acids is 1. The summed E-state index contributed by atoms with van der Waals surface area (Å²) in [5.41, 5.74) is 0. The van der Waals surface area contributed by atoms with Gasteiger partial charge in [0, 0.05) is 6.61 Å². The molecular formula is C21H42O5. The van der Waals surface area contributed by atoms with Crippen LogP contribution in [0.3, 0.4) is 0 Å². The highest BCUT2D eigenvalue weighted by Gasteiger charge is 2.13. The van der Waals surface area contributed by atoms with E-state index in [0.29, 0.717) is 6.61 Å². The van der Waals surface area contributed by atoms with Crippen LogP contribution in [0, 0.1) is 0 Å². The summed E-state index contributed by atoms with van der Waals surface area (Å²) >= 11 is 0. The molecule has 0 bridgehead atoms. The average Bonchev–Trinajstić information content (AvgIpc) is 2.66. The molecule has 0 saturated carbocycles. The van der Waals surface area contributed by atoms with Crippen LogP contribution < -0.4 is 0 Å². The lowest BCUT2D eigenvalue weighted by Crippen LogP contribution is -2.27. The first-order valence-electron chi connectivity index (χ1n) is 10.7. The molecule has 0 rings (SSSR count). The third-order valence-electron chi connectivity index (χ3n) is 4.58. The highest BCUT2D eigenvalue weighted by atomic mass is 16.7. The van der Waals surface area contributed by atoms with Crippen LogP contribution >= 0.6 is 0 Å². The van der Waals surface area contributed by atoms with Gasteiger partial charge in [-0.1, -0.05) is 90.4 Å². The number of hydrogen-bond donors (Lipinski definition) is 1. The molecule has 26 heavy (non-hydrogen) atoms. The van der Waals surface area contributed by atoms with Crippen molar-refractivity contribution in [3.63, 3.8) is 0 Å². The Bertz CT molecular complexity index is 296. The van der Waals surface area contributed by atoms with Gasteiger partial charge in [0.15, 0.2) is 6.10 Å². The quantitative estimate of drug-likeness (QED) is 0.234. The topological polar surface area (TPSA) is 65.0 Å². The van der Waals surface area contributed by atoms with E-state index in [1.165, 1.54) is 90.6 Å². The predicted molar refractivity (Wildman–Crippen MR) is 105 cm³/mol. The van der Waals surface area contributed by atoms with Crippen molar-refractivity contribution in [2.75, 3.05) is 26.9 Å². The van der Waals surface area contributed by atoms with Crippen molar-refractivity contribution in [3.8, 4) is 0 Å². The molecule has 0 aromatic heterocycles. The first kappa shape index (κ1) is 25.2. The number of aliphatic hydroxyl groups excluding tert-OH is 1. The van der Waals surface area contributed by atoms with Crippen LogP contribution in [-0.4, -0.2) is 44.3 Å². The van der Waals surface area contributed by atoms with E-state index in [4.69, 9.17) is 14.6 Å². The average molecular weight is 375 g/mol. The van der Waals surface area contributed by atoms with Gasteiger partial charge in [-0.3, -0.25) is 0 Å². The number of methoxy groups -OCH3 is 1. The molecule has 156 valence electrons. The van der Waals surface area contributed by atoms with Crippen LogP contribution in [0.2, 0.25) is 0 Å². The van der Waals surface area contributed by atoms with E-state index in [1.807, 2.05) is 0 Å². The molecule has 0 amide bonds. The number of hydrogen-bond acceptors (Lipinski definition) is 5. The summed E-state index contributed by atoms with van der Waals surface area (Å²) in [4.78, 5) is 10.9. The van der Waals surface area contributed by atoms with E-state index in [-0.39, 0.29) is 13.2 Å². The first-order valence-corrected chi connectivity index (χ1v) is 10.7. The van der Waals surface area contributed by atoms with Gasteiger partial charge in [0.05, 0.1) is 20.3 Å². The lowest BCUT2D eigenvalue weighted by atomic mass is 10.0. The summed E-state index contributed by atoms with van der Waals surface area (Å²) in [5.74, 6) is 0. The number of ether oxygens (including phenoxy) is 3. The van der Waals surface area contributed by atoms with Crippen LogP contribution in [-0.2, 0) is 14.2 Å². The van der Waals surface area contributed by atoms with Gasteiger partial charge in [0.25, 0.3) is 0 Å². The predicted octanol–water partition coefficient (Wildman–Crippen LogP) is 5.63. The summed E-state index contributed by atoms with van der Waals surface area (Å²) in [6.07, 6.45) is 17.2. The lowest BCUT2D eigenvalue weighted by molar-refractivity contribution is -0.0311. The van der Waals surface area contributed by atoms with Crippen molar-refractivity contribution in [1.82, 2.24) is 0 Å². The van der Waals surface area contributed by atoms with E-state index in [0.717, 1.165) is 6.42 Å². The summed E-state index contributed by atoms with van der Waals surface area (Å²) < 4.78 is 14.7. The molecule has 1 unspecified atom stereocenters. The van der Waals surface area contributed by atoms with Crippen molar-refractivity contribution in [2.24, 2.45) is 0 Å². The van der Waals surface area contributed by atoms with Crippen molar-refractivity contribution < 1.29 is 24.1 Å². The van der Waals surface area contributed by atoms with Crippen LogP contribution in [0.4, 0.5) is 4.79 Å². The highest BCUT2D eigenvalue weighted by Crippen LogP contribution is 2.13. The Balaban J connectivity index is 3.20. The maximum Gasteiger partial charge on any atom is 0.508 e. The maximum atomic E-state index is 10.9. The zero-order valence-corrected chi connectivity index (χ0v) is 17.2. The third kappa shape index (κ3) is 18.0. The second kappa shape index (κ2) is 20.5. The Hall–Kier alpha value is -0.810. The molecule has 0 aromatic carbocycles. The minimum Gasteiger partial charge on any atom is -0.438 e. The van der Waals surface area contributed by atoms with Crippen LogP contribution in [0.5, 0.6) is 0 Å². The van der Waals surface area contributed by atoms with E-state index in [2.05, 4.69) is 11.7 Å². The summed E-state index contributed by atoms with van der Waals surface area (Å²) in [6, 6.07) is 0. The monoisotopic (exact) mass is 374 g/mol. The van der Waals surface area contributed by atoms with Gasteiger partial charge in [-0.15, -0.1) is 0 Å². The van der Waals surface area contributed by atoms with E-state index < -0.39 is 12.3 Å². The Labute approximate surface area is 160 Å². The molecule has 5 heteroatoms. The van der Waals surface area contributed by atoms with Gasteiger partial charge in [0.1, 0.15) is 0 Å². The zero-order chi connectivity index (χ0) is 19.3.